The summed E-state index contributed by atoms with van der Waals surface area (Å²) < 4.78 is 18.8. The summed E-state index contributed by atoms with van der Waals surface area (Å²) in [5, 5.41) is 14.4. The van der Waals surface area contributed by atoms with Crippen LogP contribution in [0.3, 0.4) is 0 Å². The zero-order valence-corrected chi connectivity index (χ0v) is 14.2. The van der Waals surface area contributed by atoms with Gasteiger partial charge in [0.25, 0.3) is 5.91 Å². The maximum absolute atomic E-state index is 13.0. The van der Waals surface area contributed by atoms with Gasteiger partial charge in [0, 0.05) is 6.20 Å². The highest BCUT2D eigenvalue weighted by Gasteiger charge is 2.14. The van der Waals surface area contributed by atoms with Gasteiger partial charge in [0.15, 0.2) is 0 Å². The van der Waals surface area contributed by atoms with Crippen LogP contribution in [0.2, 0.25) is 0 Å². The van der Waals surface area contributed by atoms with Crippen molar-refractivity contribution in [1.82, 2.24) is 4.98 Å². The Bertz CT molecular complexity index is 944. The van der Waals surface area contributed by atoms with Crippen LogP contribution >= 0.6 is 0 Å². The zero-order valence-electron chi connectivity index (χ0n) is 14.2. The Balaban J connectivity index is 1.83. The number of carbonyl (C=O) groups excluding carboxylic acids is 1. The summed E-state index contributed by atoms with van der Waals surface area (Å²) in [6.45, 7) is 0.168. The van der Waals surface area contributed by atoms with E-state index in [4.69, 9.17) is 9.94 Å². The average molecular weight is 365 g/mol. The highest BCUT2D eigenvalue weighted by Crippen LogP contribution is 2.22. The van der Waals surface area contributed by atoms with Crippen molar-refractivity contribution < 1.29 is 19.1 Å². The molecule has 0 spiro atoms. The molecule has 27 heavy (non-hydrogen) atoms. The number of rotatable bonds is 6. The van der Waals surface area contributed by atoms with Crippen molar-refractivity contribution >= 4 is 17.8 Å². The Labute approximate surface area is 154 Å². The van der Waals surface area contributed by atoms with Crippen molar-refractivity contribution in [3.05, 3.63) is 89.5 Å². The standard InChI is InChI=1S/C20H16FN3O3/c21-16-6-3-14(4-7-16)13-27-19-8-5-15(11-23-26)10-18(19)20(25)24-17-2-1-9-22-12-17/h1-12,26H,13H2,(H,24,25). The molecule has 1 aromatic heterocycles. The average Bonchev–Trinajstić information content (AvgIpc) is 2.69. The van der Waals surface area contributed by atoms with Crippen LogP contribution in [0.1, 0.15) is 21.5 Å². The number of pyridine rings is 1. The van der Waals surface area contributed by atoms with Crippen molar-refractivity contribution in [3.8, 4) is 5.75 Å². The van der Waals surface area contributed by atoms with Gasteiger partial charge < -0.3 is 15.3 Å². The molecule has 1 amide bonds. The minimum atomic E-state index is -0.398. The van der Waals surface area contributed by atoms with E-state index in [1.54, 1.807) is 48.7 Å². The first kappa shape index (κ1) is 18.1. The van der Waals surface area contributed by atoms with Crippen LogP contribution in [0.25, 0.3) is 0 Å². The largest absolute Gasteiger partial charge is 0.488 e. The molecule has 0 radical (unpaired) electrons. The molecule has 3 aromatic rings. The summed E-state index contributed by atoms with van der Waals surface area (Å²) >= 11 is 0. The molecule has 0 saturated carbocycles. The summed E-state index contributed by atoms with van der Waals surface area (Å²) in [5.74, 6) is -0.385. The molecule has 0 fully saturated rings. The van der Waals surface area contributed by atoms with Crippen molar-refractivity contribution in [2.45, 2.75) is 6.61 Å². The van der Waals surface area contributed by atoms with E-state index in [9.17, 15) is 9.18 Å². The first-order valence-corrected chi connectivity index (χ1v) is 8.06. The van der Waals surface area contributed by atoms with Gasteiger partial charge in [0.05, 0.1) is 23.7 Å². The molecule has 2 N–H and O–H groups in total. The van der Waals surface area contributed by atoms with Crippen molar-refractivity contribution in [2.24, 2.45) is 5.16 Å². The number of oxime groups is 1. The van der Waals surface area contributed by atoms with E-state index in [1.165, 1.54) is 24.5 Å². The first-order valence-electron chi connectivity index (χ1n) is 8.06. The number of benzene rings is 2. The van der Waals surface area contributed by atoms with Gasteiger partial charge in [-0.25, -0.2) is 4.39 Å². The lowest BCUT2D eigenvalue weighted by Crippen LogP contribution is -2.14. The van der Waals surface area contributed by atoms with Crippen LogP contribution in [-0.4, -0.2) is 22.3 Å². The molecule has 0 saturated heterocycles. The van der Waals surface area contributed by atoms with E-state index in [1.807, 2.05) is 0 Å². The molecule has 0 aliphatic heterocycles. The Kier molecular flexibility index (Phi) is 5.73. The number of carbonyl (C=O) groups is 1. The quantitative estimate of drug-likeness (QED) is 0.395. The first-order chi connectivity index (χ1) is 13.2. The summed E-state index contributed by atoms with van der Waals surface area (Å²) in [7, 11) is 0. The van der Waals surface area contributed by atoms with E-state index < -0.39 is 5.91 Å². The molecule has 0 aliphatic carbocycles. The second-order valence-electron chi connectivity index (χ2n) is 5.61. The normalized spacial score (nSPS) is 10.7. The Hall–Kier alpha value is -3.74. The van der Waals surface area contributed by atoms with E-state index in [0.29, 0.717) is 17.0 Å². The van der Waals surface area contributed by atoms with Crippen LogP contribution in [0.15, 0.2) is 72.1 Å². The third-order valence-electron chi connectivity index (χ3n) is 3.68. The van der Waals surface area contributed by atoms with Gasteiger partial charge >= 0.3 is 0 Å². The molecule has 0 atom stereocenters. The van der Waals surface area contributed by atoms with Crippen molar-refractivity contribution in [2.75, 3.05) is 5.32 Å². The molecular weight excluding hydrogens is 349 g/mol. The minimum Gasteiger partial charge on any atom is -0.488 e. The number of hydrogen-bond donors (Lipinski definition) is 2. The number of nitrogens with one attached hydrogen (secondary N) is 1. The number of hydrogen-bond acceptors (Lipinski definition) is 5. The van der Waals surface area contributed by atoms with Crippen molar-refractivity contribution in [3.63, 3.8) is 0 Å². The van der Waals surface area contributed by atoms with Crippen LogP contribution < -0.4 is 10.1 Å². The second kappa shape index (κ2) is 8.57. The number of nitrogens with zero attached hydrogens (tertiary/aromatic N) is 2. The Morgan fingerprint density at radius 2 is 2.04 bits per heavy atom. The number of amides is 1. The molecular formula is C20H16FN3O3. The molecule has 3 rings (SSSR count). The molecule has 136 valence electrons. The third-order valence-corrected chi connectivity index (χ3v) is 3.68. The van der Waals surface area contributed by atoms with Gasteiger partial charge in [-0.05, 0) is 53.6 Å². The molecule has 0 aliphatic rings. The topological polar surface area (TPSA) is 83.8 Å². The SMILES string of the molecule is O=C(Nc1cccnc1)c1cc(C=NO)ccc1OCc1ccc(F)cc1. The van der Waals surface area contributed by atoms with E-state index in [0.717, 1.165) is 5.56 Å². The van der Waals surface area contributed by atoms with Crippen LogP contribution in [-0.2, 0) is 6.61 Å². The maximum Gasteiger partial charge on any atom is 0.259 e. The van der Waals surface area contributed by atoms with Crippen LogP contribution in [0.5, 0.6) is 5.75 Å². The molecule has 0 bridgehead atoms. The Morgan fingerprint density at radius 3 is 2.74 bits per heavy atom. The molecule has 6 nitrogen and oxygen atoms in total. The van der Waals surface area contributed by atoms with Gasteiger partial charge in [-0.15, -0.1) is 0 Å². The molecule has 1 heterocycles. The fraction of sp³-hybridized carbons (Fsp3) is 0.0500. The Morgan fingerprint density at radius 1 is 1.22 bits per heavy atom. The zero-order chi connectivity index (χ0) is 19.1. The summed E-state index contributed by atoms with van der Waals surface area (Å²) in [6, 6.07) is 14.1. The smallest absolute Gasteiger partial charge is 0.259 e. The number of halogens is 1. The molecule has 7 heteroatoms. The lowest BCUT2D eigenvalue weighted by atomic mass is 10.1. The fourth-order valence-electron chi connectivity index (χ4n) is 2.37. The molecule has 0 unspecified atom stereocenters. The lowest BCUT2D eigenvalue weighted by Gasteiger charge is -2.13. The predicted octanol–water partition coefficient (Wildman–Crippen LogP) is 3.86. The van der Waals surface area contributed by atoms with E-state index in [2.05, 4.69) is 15.5 Å². The van der Waals surface area contributed by atoms with Gasteiger partial charge in [0.1, 0.15) is 18.2 Å². The predicted molar refractivity (Wildman–Crippen MR) is 98.7 cm³/mol. The molecule has 2 aromatic carbocycles. The summed E-state index contributed by atoms with van der Waals surface area (Å²) in [6.07, 6.45) is 4.34. The summed E-state index contributed by atoms with van der Waals surface area (Å²) in [4.78, 5) is 16.6. The van der Waals surface area contributed by atoms with Crippen molar-refractivity contribution in [1.29, 1.82) is 0 Å². The second-order valence-corrected chi connectivity index (χ2v) is 5.61. The highest BCUT2D eigenvalue weighted by atomic mass is 19.1. The lowest BCUT2D eigenvalue weighted by molar-refractivity contribution is 0.102. The monoisotopic (exact) mass is 365 g/mol. The fourth-order valence-corrected chi connectivity index (χ4v) is 2.37. The van der Waals surface area contributed by atoms with Gasteiger partial charge in [0.2, 0.25) is 0 Å². The number of anilines is 1. The van der Waals surface area contributed by atoms with Crippen LogP contribution in [0.4, 0.5) is 10.1 Å². The summed E-state index contributed by atoms with van der Waals surface area (Å²) in [5.41, 5.74) is 2.09. The minimum absolute atomic E-state index is 0.168. The maximum atomic E-state index is 13.0. The van der Waals surface area contributed by atoms with Gasteiger partial charge in [-0.3, -0.25) is 9.78 Å². The van der Waals surface area contributed by atoms with Gasteiger partial charge in [-0.1, -0.05) is 17.3 Å². The van der Waals surface area contributed by atoms with Crippen LogP contribution in [0, 0.1) is 5.82 Å². The highest BCUT2D eigenvalue weighted by molar-refractivity contribution is 6.07. The number of aromatic nitrogens is 1. The number of ether oxygens (including phenoxy) is 1. The van der Waals surface area contributed by atoms with E-state index in [-0.39, 0.29) is 18.0 Å². The van der Waals surface area contributed by atoms with E-state index >= 15 is 0 Å². The van der Waals surface area contributed by atoms with Gasteiger partial charge in [-0.2, -0.15) is 0 Å². The third kappa shape index (κ3) is 4.88.